The lowest BCUT2D eigenvalue weighted by atomic mass is 10.2. The van der Waals surface area contributed by atoms with Crippen LogP contribution in [0.15, 0.2) is 29.4 Å². The molecule has 0 aliphatic rings. The molecule has 0 aromatic heterocycles. The number of nitrogens with zero attached hydrogens (tertiary/aromatic N) is 3. The third-order valence-corrected chi connectivity index (χ3v) is 3.98. The van der Waals surface area contributed by atoms with Crippen LogP contribution in [0, 0.1) is 5.82 Å². The van der Waals surface area contributed by atoms with Crippen LogP contribution in [-0.4, -0.2) is 77.8 Å². The van der Waals surface area contributed by atoms with Crippen molar-refractivity contribution in [2.45, 2.75) is 19.0 Å². The minimum atomic E-state index is -0.852. The van der Waals surface area contributed by atoms with Crippen LogP contribution in [0.3, 0.4) is 0 Å². The first-order valence-corrected chi connectivity index (χ1v) is 10.1. The maximum absolute atomic E-state index is 12.9. The largest absolute Gasteiger partial charge is 0.382 e. The fourth-order valence-electron chi connectivity index (χ4n) is 2.39. The van der Waals surface area contributed by atoms with Crippen molar-refractivity contribution < 1.29 is 32.9 Å². The van der Waals surface area contributed by atoms with Gasteiger partial charge in [0.05, 0.1) is 46.2 Å². The number of benzene rings is 1. The Morgan fingerprint density at radius 2 is 1.69 bits per heavy atom. The summed E-state index contributed by atoms with van der Waals surface area (Å²) in [4.78, 5) is 27.0. The van der Waals surface area contributed by atoms with Crippen LogP contribution >= 0.6 is 0 Å². The molecular weight excluding hydrogens is 425 g/mol. The second kappa shape index (κ2) is 17.9. The topological polar surface area (TPSA) is 144 Å². The summed E-state index contributed by atoms with van der Waals surface area (Å²) in [6.45, 7) is 2.44. The Hall–Kier alpha value is -2.76. The summed E-state index contributed by atoms with van der Waals surface area (Å²) in [5.41, 5.74) is 8.84. The molecule has 1 atom stereocenters. The van der Waals surface area contributed by atoms with Gasteiger partial charge in [0.2, 0.25) is 11.8 Å². The quantitative estimate of drug-likeness (QED) is 0.148. The Kier molecular flexibility index (Phi) is 15.2. The SMILES string of the molecule is COC[C@H](NC(=O)CCOCCOCCOCCN=[N+]=[N-])C(=O)NCc1ccc(F)cc1. The average Bonchev–Trinajstić information content (AvgIpc) is 2.79. The van der Waals surface area contributed by atoms with Crippen molar-refractivity contribution in [2.75, 3.05) is 59.9 Å². The summed E-state index contributed by atoms with van der Waals surface area (Å²) in [5, 5.41) is 8.63. The number of azide groups is 1. The van der Waals surface area contributed by atoms with E-state index in [0.717, 1.165) is 5.56 Å². The van der Waals surface area contributed by atoms with Crippen LogP contribution < -0.4 is 10.6 Å². The van der Waals surface area contributed by atoms with E-state index < -0.39 is 11.9 Å². The van der Waals surface area contributed by atoms with E-state index in [4.69, 9.17) is 24.5 Å². The molecule has 0 spiro atoms. The minimum absolute atomic E-state index is 0.0145. The average molecular weight is 455 g/mol. The molecule has 178 valence electrons. The molecule has 1 rings (SSSR count). The highest BCUT2D eigenvalue weighted by atomic mass is 19.1. The van der Waals surface area contributed by atoms with E-state index in [0.29, 0.717) is 33.0 Å². The molecule has 0 unspecified atom stereocenters. The third kappa shape index (κ3) is 13.5. The van der Waals surface area contributed by atoms with Crippen LogP contribution in [-0.2, 0) is 35.1 Å². The summed E-state index contributed by atoms with van der Waals surface area (Å²) < 4.78 is 33.8. The van der Waals surface area contributed by atoms with Gasteiger partial charge in [-0.2, -0.15) is 0 Å². The van der Waals surface area contributed by atoms with Crippen molar-refractivity contribution in [3.05, 3.63) is 46.1 Å². The van der Waals surface area contributed by atoms with Crippen molar-refractivity contribution in [3.63, 3.8) is 0 Å². The van der Waals surface area contributed by atoms with Gasteiger partial charge in [-0.15, -0.1) is 0 Å². The number of nitrogens with one attached hydrogen (secondary N) is 2. The molecule has 2 amide bonds. The Morgan fingerprint density at radius 1 is 1.06 bits per heavy atom. The smallest absolute Gasteiger partial charge is 0.245 e. The predicted molar refractivity (Wildman–Crippen MR) is 113 cm³/mol. The molecule has 1 aromatic rings. The molecule has 0 heterocycles. The fraction of sp³-hybridized carbons (Fsp3) is 0.600. The maximum atomic E-state index is 12.9. The van der Waals surface area contributed by atoms with Crippen molar-refractivity contribution in [3.8, 4) is 0 Å². The molecule has 0 aliphatic carbocycles. The van der Waals surface area contributed by atoms with Crippen LogP contribution in [0.2, 0.25) is 0 Å². The van der Waals surface area contributed by atoms with E-state index in [1.165, 1.54) is 19.2 Å². The minimum Gasteiger partial charge on any atom is -0.382 e. The Morgan fingerprint density at radius 3 is 2.31 bits per heavy atom. The van der Waals surface area contributed by atoms with Gasteiger partial charge in [0, 0.05) is 31.5 Å². The van der Waals surface area contributed by atoms with Gasteiger partial charge in [-0.25, -0.2) is 4.39 Å². The van der Waals surface area contributed by atoms with E-state index in [9.17, 15) is 14.0 Å². The zero-order valence-corrected chi connectivity index (χ0v) is 18.1. The van der Waals surface area contributed by atoms with Crippen molar-refractivity contribution in [1.29, 1.82) is 0 Å². The zero-order valence-electron chi connectivity index (χ0n) is 18.1. The zero-order chi connectivity index (χ0) is 23.4. The molecule has 32 heavy (non-hydrogen) atoms. The van der Waals surface area contributed by atoms with Crippen LogP contribution in [0.4, 0.5) is 4.39 Å². The molecular formula is C20H30FN5O6. The third-order valence-electron chi connectivity index (χ3n) is 3.98. The predicted octanol–water partition coefficient (Wildman–Crippen LogP) is 1.32. The lowest BCUT2D eigenvalue weighted by Crippen LogP contribution is -2.49. The number of rotatable bonds is 18. The molecule has 0 bridgehead atoms. The first-order chi connectivity index (χ1) is 15.6. The summed E-state index contributed by atoms with van der Waals surface area (Å²) in [7, 11) is 1.43. The molecule has 0 saturated carbocycles. The number of amides is 2. The van der Waals surface area contributed by atoms with Gasteiger partial charge in [0.25, 0.3) is 0 Å². The molecule has 0 aliphatic heterocycles. The molecule has 0 radical (unpaired) electrons. The van der Waals surface area contributed by atoms with E-state index in [-0.39, 0.29) is 44.4 Å². The molecule has 0 saturated heterocycles. The summed E-state index contributed by atoms with van der Waals surface area (Å²) in [5.74, 6) is -1.11. The van der Waals surface area contributed by atoms with Gasteiger partial charge < -0.3 is 29.6 Å². The lowest BCUT2D eigenvalue weighted by Gasteiger charge is -2.18. The van der Waals surface area contributed by atoms with Gasteiger partial charge in [-0.3, -0.25) is 9.59 Å². The first-order valence-electron chi connectivity index (χ1n) is 10.1. The van der Waals surface area contributed by atoms with E-state index >= 15 is 0 Å². The van der Waals surface area contributed by atoms with Gasteiger partial charge in [-0.1, -0.05) is 17.2 Å². The Bertz CT molecular complexity index is 715. The number of ether oxygens (including phenoxy) is 4. The summed E-state index contributed by atoms with van der Waals surface area (Å²) in [6, 6.07) is 4.90. The van der Waals surface area contributed by atoms with Gasteiger partial charge in [0.1, 0.15) is 11.9 Å². The van der Waals surface area contributed by atoms with Crippen LogP contribution in [0.25, 0.3) is 10.4 Å². The molecule has 11 nitrogen and oxygen atoms in total. The normalized spacial score (nSPS) is 11.4. The molecule has 2 N–H and O–H groups in total. The van der Waals surface area contributed by atoms with E-state index in [1.807, 2.05) is 0 Å². The fourth-order valence-corrected chi connectivity index (χ4v) is 2.39. The number of methoxy groups -OCH3 is 1. The number of carbonyl (C=O) groups is 2. The standard InChI is InChI=1S/C20H30FN5O6/c1-29-15-18(20(28)23-14-16-2-4-17(21)5-3-16)25-19(27)6-8-30-10-12-32-13-11-31-9-7-24-26-22/h2-5,18H,6-15H2,1H3,(H,23,28)(H,25,27)/t18-/m0/s1. The Labute approximate surface area is 186 Å². The van der Waals surface area contributed by atoms with E-state index in [1.54, 1.807) is 12.1 Å². The monoisotopic (exact) mass is 455 g/mol. The van der Waals surface area contributed by atoms with Crippen molar-refractivity contribution in [1.82, 2.24) is 10.6 Å². The number of hydrogen-bond donors (Lipinski definition) is 2. The molecule has 12 heteroatoms. The first kappa shape index (κ1) is 27.3. The van der Waals surface area contributed by atoms with Gasteiger partial charge in [-0.05, 0) is 23.2 Å². The number of carbonyl (C=O) groups excluding carboxylic acids is 2. The second-order valence-corrected chi connectivity index (χ2v) is 6.46. The maximum Gasteiger partial charge on any atom is 0.245 e. The highest BCUT2D eigenvalue weighted by Gasteiger charge is 2.20. The van der Waals surface area contributed by atoms with Crippen molar-refractivity contribution in [2.24, 2.45) is 5.11 Å². The lowest BCUT2D eigenvalue weighted by molar-refractivity contribution is -0.131. The Balaban J connectivity index is 2.14. The van der Waals surface area contributed by atoms with Crippen LogP contribution in [0.5, 0.6) is 0 Å². The van der Waals surface area contributed by atoms with Gasteiger partial charge in [0.15, 0.2) is 0 Å². The molecule has 0 fully saturated rings. The highest BCUT2D eigenvalue weighted by Crippen LogP contribution is 2.02. The van der Waals surface area contributed by atoms with E-state index in [2.05, 4.69) is 20.7 Å². The summed E-state index contributed by atoms with van der Waals surface area (Å²) in [6.07, 6.45) is 0.0774. The number of halogens is 1. The highest BCUT2D eigenvalue weighted by molar-refractivity contribution is 5.87. The van der Waals surface area contributed by atoms with Crippen molar-refractivity contribution >= 4 is 11.8 Å². The molecule has 1 aromatic carbocycles. The van der Waals surface area contributed by atoms with Gasteiger partial charge >= 0.3 is 0 Å². The van der Waals surface area contributed by atoms with Crippen LogP contribution in [0.1, 0.15) is 12.0 Å². The summed E-state index contributed by atoms with van der Waals surface area (Å²) >= 11 is 0. The second-order valence-electron chi connectivity index (χ2n) is 6.46. The number of hydrogen-bond acceptors (Lipinski definition) is 7.